The van der Waals surface area contributed by atoms with Crippen LogP contribution in [0.15, 0.2) is 40.4 Å². The minimum atomic E-state index is -0.788. The fraction of sp³-hybridized carbons (Fsp3) is 0.267. The van der Waals surface area contributed by atoms with Crippen molar-refractivity contribution in [3.63, 3.8) is 0 Å². The minimum absolute atomic E-state index is 0.172. The Morgan fingerprint density at radius 3 is 2.80 bits per heavy atom. The van der Waals surface area contributed by atoms with E-state index < -0.39 is 16.0 Å². The third kappa shape index (κ3) is 2.43. The summed E-state index contributed by atoms with van der Waals surface area (Å²) in [4.78, 5) is 41.7. The molecule has 1 aliphatic rings. The van der Waals surface area contributed by atoms with E-state index >= 15 is 0 Å². The number of nitrogens with one attached hydrogen (secondary N) is 2. The summed E-state index contributed by atoms with van der Waals surface area (Å²) >= 11 is 0. The number of rotatable bonds is 3. The van der Waals surface area contributed by atoms with E-state index in [-0.39, 0.29) is 22.9 Å². The summed E-state index contributed by atoms with van der Waals surface area (Å²) in [5.41, 5.74) is -0.646. The van der Waals surface area contributed by atoms with Crippen molar-refractivity contribution in [3.05, 3.63) is 61.7 Å². The third-order valence-electron chi connectivity index (χ3n) is 4.39. The smallest absolute Gasteiger partial charge is 0.316 e. The van der Waals surface area contributed by atoms with Crippen LogP contribution in [0.1, 0.15) is 12.5 Å². The Bertz CT molecular complexity index is 1080. The van der Waals surface area contributed by atoms with Gasteiger partial charge in [-0.05, 0) is 19.0 Å². The van der Waals surface area contributed by atoms with Gasteiger partial charge in [0.1, 0.15) is 5.69 Å². The largest absolute Gasteiger partial charge is 0.317 e. The molecular weight excluding hydrogens is 328 g/mol. The highest BCUT2D eigenvalue weighted by Crippen LogP contribution is 2.28. The molecule has 1 saturated heterocycles. The number of aromatic nitrogens is 4. The van der Waals surface area contributed by atoms with E-state index in [2.05, 4.69) is 15.3 Å². The molecule has 3 aromatic rings. The first-order chi connectivity index (χ1) is 12.1. The molecule has 10 heteroatoms. The van der Waals surface area contributed by atoms with Gasteiger partial charge < -0.3 is 14.9 Å². The second-order valence-electron chi connectivity index (χ2n) is 5.86. The van der Waals surface area contributed by atoms with Gasteiger partial charge in [-0.1, -0.05) is 0 Å². The Morgan fingerprint density at radius 2 is 2.16 bits per heavy atom. The lowest BCUT2D eigenvalue weighted by atomic mass is 10.2. The maximum atomic E-state index is 12.4. The van der Waals surface area contributed by atoms with Crippen molar-refractivity contribution in [2.24, 2.45) is 0 Å². The molecule has 1 fully saturated rings. The van der Waals surface area contributed by atoms with Gasteiger partial charge in [-0.3, -0.25) is 24.3 Å². The van der Waals surface area contributed by atoms with Gasteiger partial charge in [-0.25, -0.2) is 4.98 Å². The zero-order valence-electron chi connectivity index (χ0n) is 13.0. The molecule has 0 radical (unpaired) electrons. The Hall–Kier alpha value is -3.27. The van der Waals surface area contributed by atoms with Crippen LogP contribution in [0.4, 0.5) is 5.69 Å². The SMILES string of the molecule is O=c1[nH]c2cc([N+](=O)[O-])c(-n3ccnc3)cc2n(C2CCNC2)c1=O. The molecule has 0 spiro atoms. The van der Waals surface area contributed by atoms with E-state index in [1.54, 1.807) is 12.3 Å². The molecule has 0 bridgehead atoms. The van der Waals surface area contributed by atoms with Crippen LogP contribution in [0.2, 0.25) is 0 Å². The number of nitro benzene ring substituents is 1. The lowest BCUT2D eigenvalue weighted by Crippen LogP contribution is -2.39. The van der Waals surface area contributed by atoms with Crippen molar-refractivity contribution in [1.29, 1.82) is 0 Å². The van der Waals surface area contributed by atoms with Gasteiger partial charge in [-0.15, -0.1) is 0 Å². The predicted octanol–water partition coefficient (Wildman–Crippen LogP) is 0.318. The monoisotopic (exact) mass is 342 g/mol. The number of nitro groups is 1. The van der Waals surface area contributed by atoms with Crippen LogP contribution in [0.25, 0.3) is 16.7 Å². The van der Waals surface area contributed by atoms with Gasteiger partial charge in [-0.2, -0.15) is 0 Å². The summed E-state index contributed by atoms with van der Waals surface area (Å²) < 4.78 is 2.93. The first kappa shape index (κ1) is 15.3. The van der Waals surface area contributed by atoms with Crippen LogP contribution in [-0.2, 0) is 0 Å². The number of H-pyrrole nitrogens is 1. The van der Waals surface area contributed by atoms with Gasteiger partial charge in [0, 0.05) is 25.0 Å². The number of fused-ring (bicyclic) bond motifs is 1. The molecule has 25 heavy (non-hydrogen) atoms. The van der Waals surface area contributed by atoms with Crippen LogP contribution in [-0.4, -0.2) is 37.1 Å². The highest BCUT2D eigenvalue weighted by molar-refractivity contribution is 5.82. The number of nitrogens with zero attached hydrogens (tertiary/aromatic N) is 4. The molecule has 0 amide bonds. The van der Waals surface area contributed by atoms with Gasteiger partial charge in [0.25, 0.3) is 5.69 Å². The molecule has 2 aromatic heterocycles. The van der Waals surface area contributed by atoms with Crippen LogP contribution in [0.5, 0.6) is 0 Å². The summed E-state index contributed by atoms with van der Waals surface area (Å²) in [7, 11) is 0. The summed E-state index contributed by atoms with van der Waals surface area (Å²) in [5, 5.41) is 14.6. The Kier molecular flexibility index (Phi) is 3.46. The molecule has 1 aromatic carbocycles. The van der Waals surface area contributed by atoms with E-state index in [1.807, 2.05) is 0 Å². The molecule has 1 atom stereocenters. The third-order valence-corrected chi connectivity index (χ3v) is 4.39. The molecule has 1 aliphatic heterocycles. The fourth-order valence-electron chi connectivity index (χ4n) is 3.24. The maximum Gasteiger partial charge on any atom is 0.317 e. The average molecular weight is 342 g/mol. The van der Waals surface area contributed by atoms with Gasteiger partial charge >= 0.3 is 11.1 Å². The first-order valence-corrected chi connectivity index (χ1v) is 7.72. The number of benzene rings is 1. The lowest BCUT2D eigenvalue weighted by Gasteiger charge is -2.16. The highest BCUT2D eigenvalue weighted by Gasteiger charge is 2.24. The van der Waals surface area contributed by atoms with Crippen molar-refractivity contribution in [2.45, 2.75) is 12.5 Å². The van der Waals surface area contributed by atoms with E-state index in [4.69, 9.17) is 0 Å². The fourth-order valence-corrected chi connectivity index (χ4v) is 3.24. The van der Waals surface area contributed by atoms with Crippen LogP contribution in [0.3, 0.4) is 0 Å². The van der Waals surface area contributed by atoms with Crippen molar-refractivity contribution in [1.82, 2.24) is 24.4 Å². The van der Waals surface area contributed by atoms with Gasteiger partial charge in [0.15, 0.2) is 0 Å². The topological polar surface area (TPSA) is 128 Å². The van der Waals surface area contributed by atoms with E-state index in [1.165, 1.54) is 27.7 Å². The van der Waals surface area contributed by atoms with Crippen molar-refractivity contribution in [3.8, 4) is 5.69 Å². The molecule has 2 N–H and O–H groups in total. The molecular formula is C15H14N6O4. The number of hydrogen-bond acceptors (Lipinski definition) is 6. The van der Waals surface area contributed by atoms with E-state index in [9.17, 15) is 19.7 Å². The summed E-state index contributed by atoms with van der Waals surface area (Å²) in [6.07, 6.45) is 5.24. The average Bonchev–Trinajstić information content (AvgIpc) is 3.28. The zero-order chi connectivity index (χ0) is 17.6. The Balaban J connectivity index is 2.09. The van der Waals surface area contributed by atoms with E-state index in [0.717, 1.165) is 6.54 Å². The molecule has 128 valence electrons. The van der Waals surface area contributed by atoms with Crippen molar-refractivity contribution < 1.29 is 4.92 Å². The second kappa shape index (κ2) is 5.67. The summed E-state index contributed by atoms with van der Waals surface area (Å²) in [6.45, 7) is 1.31. The predicted molar refractivity (Wildman–Crippen MR) is 89.1 cm³/mol. The van der Waals surface area contributed by atoms with Gasteiger partial charge in [0.05, 0.1) is 28.3 Å². The second-order valence-corrected chi connectivity index (χ2v) is 5.86. The molecule has 0 aliphatic carbocycles. The zero-order valence-corrected chi connectivity index (χ0v) is 13.0. The first-order valence-electron chi connectivity index (χ1n) is 7.72. The van der Waals surface area contributed by atoms with Crippen LogP contribution < -0.4 is 16.4 Å². The summed E-state index contributed by atoms with van der Waals surface area (Å²) in [5.74, 6) is 0. The highest BCUT2D eigenvalue weighted by atomic mass is 16.6. The molecule has 10 nitrogen and oxygen atoms in total. The number of hydrogen-bond donors (Lipinski definition) is 2. The Labute approximate surface area is 139 Å². The Morgan fingerprint density at radius 1 is 1.32 bits per heavy atom. The minimum Gasteiger partial charge on any atom is -0.316 e. The van der Waals surface area contributed by atoms with E-state index in [0.29, 0.717) is 18.5 Å². The molecule has 0 saturated carbocycles. The van der Waals surface area contributed by atoms with Crippen LogP contribution >= 0.6 is 0 Å². The van der Waals surface area contributed by atoms with Crippen molar-refractivity contribution >= 4 is 16.7 Å². The van der Waals surface area contributed by atoms with Crippen molar-refractivity contribution in [2.75, 3.05) is 13.1 Å². The number of aromatic amines is 1. The molecule has 4 rings (SSSR count). The lowest BCUT2D eigenvalue weighted by molar-refractivity contribution is -0.384. The maximum absolute atomic E-state index is 12.4. The standard InChI is InChI=1S/C15H14N6O4/c22-14-15(23)20(9-1-2-16-7-9)11-6-12(19-4-3-17-8-19)13(21(24)25)5-10(11)18-14/h3-6,8-9,16H,1-2,7H2,(H,18,22). The molecule has 1 unspecified atom stereocenters. The van der Waals surface area contributed by atoms with Crippen LogP contribution in [0, 0.1) is 10.1 Å². The molecule has 3 heterocycles. The number of imidazole rings is 1. The normalized spacial score (nSPS) is 17.2. The summed E-state index contributed by atoms with van der Waals surface area (Å²) in [6, 6.07) is 2.66. The van der Waals surface area contributed by atoms with Gasteiger partial charge in [0.2, 0.25) is 0 Å². The quantitative estimate of drug-likeness (QED) is 0.401.